The van der Waals surface area contributed by atoms with Crippen molar-refractivity contribution in [3.05, 3.63) is 46.5 Å². The Hall–Kier alpha value is -1.92. The zero-order chi connectivity index (χ0) is 17.1. The maximum absolute atomic E-state index is 12.4. The van der Waals surface area contributed by atoms with Crippen LogP contribution in [0, 0.1) is 6.92 Å². The van der Waals surface area contributed by atoms with E-state index in [-0.39, 0.29) is 12.3 Å². The monoisotopic (exact) mass is 348 g/mol. The zero-order valence-corrected chi connectivity index (χ0v) is 14.3. The van der Waals surface area contributed by atoms with E-state index in [9.17, 15) is 9.90 Å². The van der Waals surface area contributed by atoms with Crippen molar-refractivity contribution >= 4 is 17.5 Å². The number of H-pyrrole nitrogens is 1. The van der Waals surface area contributed by atoms with Crippen LogP contribution in [0.1, 0.15) is 48.5 Å². The van der Waals surface area contributed by atoms with E-state index in [4.69, 9.17) is 11.6 Å². The fraction of sp³-hybridized carbons (Fsp3) is 0.471. The van der Waals surface area contributed by atoms with Gasteiger partial charge >= 0.3 is 0 Å². The Labute approximate surface area is 145 Å². The number of aromatic nitrogens is 3. The van der Waals surface area contributed by atoms with E-state index in [1.54, 1.807) is 24.3 Å². The summed E-state index contributed by atoms with van der Waals surface area (Å²) in [5.41, 5.74) is 0.707. The first-order valence-electron chi connectivity index (χ1n) is 8.13. The Balaban J connectivity index is 1.52. The minimum atomic E-state index is -0.803. The Morgan fingerprint density at radius 1 is 1.38 bits per heavy atom. The number of aryl methyl sites for hydroxylation is 1. The topological polar surface area (TPSA) is 82.1 Å². The smallest absolute Gasteiger partial charge is 0.225 e. The Kier molecular flexibility index (Phi) is 5.16. The van der Waals surface area contributed by atoms with Crippen LogP contribution in [0.2, 0.25) is 5.02 Å². The molecule has 0 radical (unpaired) electrons. The van der Waals surface area contributed by atoms with Crippen molar-refractivity contribution in [3.63, 3.8) is 0 Å². The molecule has 128 valence electrons. The molecule has 1 amide bonds. The first-order valence-corrected chi connectivity index (χ1v) is 8.51. The van der Waals surface area contributed by atoms with Crippen LogP contribution in [0.4, 0.5) is 0 Å². The molecule has 0 bridgehead atoms. The molecule has 7 heteroatoms. The normalized spacial score (nSPS) is 17.0. The molecule has 0 aliphatic carbocycles. The maximum Gasteiger partial charge on any atom is 0.225 e. The summed E-state index contributed by atoms with van der Waals surface area (Å²) in [7, 11) is 0. The number of carbonyl (C=O) groups excluding carboxylic acids is 1. The summed E-state index contributed by atoms with van der Waals surface area (Å²) in [4.78, 5) is 18.6. The van der Waals surface area contributed by atoms with Gasteiger partial charge in [-0.3, -0.25) is 9.89 Å². The minimum absolute atomic E-state index is 0.0259. The van der Waals surface area contributed by atoms with Gasteiger partial charge in [-0.1, -0.05) is 23.7 Å². The molecule has 0 saturated carbocycles. The van der Waals surface area contributed by atoms with E-state index in [0.29, 0.717) is 29.6 Å². The third kappa shape index (κ3) is 3.94. The van der Waals surface area contributed by atoms with E-state index in [0.717, 1.165) is 24.5 Å². The van der Waals surface area contributed by atoms with Crippen molar-refractivity contribution in [1.82, 2.24) is 20.1 Å². The van der Waals surface area contributed by atoms with Gasteiger partial charge in [0.15, 0.2) is 5.82 Å². The van der Waals surface area contributed by atoms with Crippen molar-refractivity contribution < 1.29 is 9.90 Å². The molecule has 1 atom stereocenters. The van der Waals surface area contributed by atoms with Gasteiger partial charge in [0, 0.05) is 24.0 Å². The third-order valence-corrected chi connectivity index (χ3v) is 4.70. The average molecular weight is 349 g/mol. The molecular weight excluding hydrogens is 328 g/mol. The summed E-state index contributed by atoms with van der Waals surface area (Å²) in [6, 6.07) is 6.93. The summed E-state index contributed by atoms with van der Waals surface area (Å²) in [6.07, 6.45) is 0.981. The maximum atomic E-state index is 12.4. The number of amides is 1. The first-order chi connectivity index (χ1) is 11.5. The van der Waals surface area contributed by atoms with Gasteiger partial charge in [0.05, 0.1) is 12.5 Å². The lowest BCUT2D eigenvalue weighted by Gasteiger charge is -2.31. The highest BCUT2D eigenvalue weighted by molar-refractivity contribution is 6.30. The molecular formula is C17H21ClN4O2. The largest absolute Gasteiger partial charge is 0.388 e. The molecule has 1 unspecified atom stereocenters. The van der Waals surface area contributed by atoms with Gasteiger partial charge < -0.3 is 10.0 Å². The van der Waals surface area contributed by atoms with Crippen LogP contribution in [0.15, 0.2) is 24.3 Å². The van der Waals surface area contributed by atoms with Gasteiger partial charge in [0.1, 0.15) is 5.82 Å². The lowest BCUT2D eigenvalue weighted by Crippen LogP contribution is -2.38. The molecule has 24 heavy (non-hydrogen) atoms. The first kappa shape index (κ1) is 16.9. The SMILES string of the molecule is Cc1nc(C2CCN(C(=O)CC(O)c3ccc(Cl)cc3)CC2)n[nH]1. The Morgan fingerprint density at radius 2 is 2.04 bits per heavy atom. The highest BCUT2D eigenvalue weighted by atomic mass is 35.5. The van der Waals surface area contributed by atoms with E-state index in [2.05, 4.69) is 15.2 Å². The number of nitrogens with zero attached hydrogens (tertiary/aromatic N) is 3. The van der Waals surface area contributed by atoms with Crippen molar-refractivity contribution in [3.8, 4) is 0 Å². The molecule has 2 aromatic rings. The number of benzene rings is 1. The van der Waals surface area contributed by atoms with Crippen LogP contribution in [0.5, 0.6) is 0 Å². The standard InChI is InChI=1S/C17H21ClN4O2/c1-11-19-17(21-20-11)13-6-8-22(9-7-13)16(24)10-15(23)12-2-4-14(18)5-3-12/h2-5,13,15,23H,6-10H2,1H3,(H,19,20,21). The number of aliphatic hydroxyl groups is 1. The van der Waals surface area contributed by atoms with E-state index in [1.807, 2.05) is 11.8 Å². The predicted octanol–water partition coefficient (Wildman–Crippen LogP) is 2.60. The number of aromatic amines is 1. The Bertz CT molecular complexity index is 693. The molecule has 1 aromatic carbocycles. The highest BCUT2D eigenvalue weighted by Gasteiger charge is 2.27. The third-order valence-electron chi connectivity index (χ3n) is 4.45. The van der Waals surface area contributed by atoms with Crippen molar-refractivity contribution in [2.24, 2.45) is 0 Å². The highest BCUT2D eigenvalue weighted by Crippen LogP contribution is 2.27. The summed E-state index contributed by atoms with van der Waals surface area (Å²) in [5, 5.41) is 17.9. The van der Waals surface area contributed by atoms with Gasteiger partial charge in [-0.2, -0.15) is 5.10 Å². The lowest BCUT2D eigenvalue weighted by molar-refractivity contribution is -0.134. The molecule has 1 fully saturated rings. The van der Waals surface area contributed by atoms with Gasteiger partial charge in [0.2, 0.25) is 5.91 Å². The molecule has 1 saturated heterocycles. The predicted molar refractivity (Wildman–Crippen MR) is 90.7 cm³/mol. The summed E-state index contributed by atoms with van der Waals surface area (Å²) >= 11 is 5.84. The average Bonchev–Trinajstić information content (AvgIpc) is 3.02. The van der Waals surface area contributed by atoms with E-state index < -0.39 is 6.10 Å². The molecule has 0 spiro atoms. The Morgan fingerprint density at radius 3 is 2.62 bits per heavy atom. The van der Waals surface area contributed by atoms with Crippen molar-refractivity contribution in [2.45, 2.75) is 38.2 Å². The summed E-state index contributed by atoms with van der Waals surface area (Å²) in [5.74, 6) is 1.91. The zero-order valence-electron chi connectivity index (χ0n) is 13.6. The molecule has 6 nitrogen and oxygen atoms in total. The van der Waals surface area contributed by atoms with Gasteiger partial charge in [0.25, 0.3) is 0 Å². The second-order valence-corrected chi connectivity index (χ2v) is 6.64. The lowest BCUT2D eigenvalue weighted by atomic mass is 9.95. The number of carbonyl (C=O) groups is 1. The van der Waals surface area contributed by atoms with E-state index >= 15 is 0 Å². The number of likely N-dealkylation sites (tertiary alicyclic amines) is 1. The quantitative estimate of drug-likeness (QED) is 0.889. The van der Waals surface area contributed by atoms with Gasteiger partial charge in [-0.05, 0) is 37.5 Å². The number of rotatable bonds is 4. The molecule has 2 N–H and O–H groups in total. The summed E-state index contributed by atoms with van der Waals surface area (Å²) < 4.78 is 0. The van der Waals surface area contributed by atoms with Crippen LogP contribution < -0.4 is 0 Å². The second kappa shape index (κ2) is 7.32. The molecule has 1 aromatic heterocycles. The van der Waals surface area contributed by atoms with Crippen LogP contribution in [0.25, 0.3) is 0 Å². The molecule has 1 aliphatic rings. The van der Waals surface area contributed by atoms with Gasteiger partial charge in [-0.25, -0.2) is 4.98 Å². The number of piperidine rings is 1. The van der Waals surface area contributed by atoms with E-state index in [1.165, 1.54) is 0 Å². The molecule has 3 rings (SSSR count). The minimum Gasteiger partial charge on any atom is -0.388 e. The van der Waals surface area contributed by atoms with Gasteiger partial charge in [-0.15, -0.1) is 0 Å². The fourth-order valence-corrected chi connectivity index (χ4v) is 3.15. The number of hydrogen-bond acceptors (Lipinski definition) is 4. The van der Waals surface area contributed by atoms with Crippen LogP contribution in [0.3, 0.4) is 0 Å². The van der Waals surface area contributed by atoms with Crippen LogP contribution in [-0.4, -0.2) is 44.2 Å². The number of halogens is 1. The second-order valence-electron chi connectivity index (χ2n) is 6.21. The number of aliphatic hydroxyl groups excluding tert-OH is 1. The number of nitrogens with one attached hydrogen (secondary N) is 1. The van der Waals surface area contributed by atoms with Crippen molar-refractivity contribution in [1.29, 1.82) is 0 Å². The summed E-state index contributed by atoms with van der Waals surface area (Å²) in [6.45, 7) is 3.22. The molecule has 1 aliphatic heterocycles. The molecule has 2 heterocycles. The van der Waals surface area contributed by atoms with Crippen LogP contribution in [-0.2, 0) is 4.79 Å². The fourth-order valence-electron chi connectivity index (χ4n) is 3.03. The van der Waals surface area contributed by atoms with Crippen molar-refractivity contribution in [2.75, 3.05) is 13.1 Å². The number of hydrogen-bond donors (Lipinski definition) is 2. The van der Waals surface area contributed by atoms with Crippen LogP contribution >= 0.6 is 11.6 Å².